The molecule has 0 aromatic heterocycles. The lowest BCUT2D eigenvalue weighted by molar-refractivity contribution is -0.141. The first-order valence-electron chi connectivity index (χ1n) is 10.6. The largest absolute Gasteiger partial charge is 0.480 e. The molecule has 0 aliphatic carbocycles. The zero-order valence-electron chi connectivity index (χ0n) is 19.1. The number of benzene rings is 1. The van der Waals surface area contributed by atoms with Crippen LogP contribution in [0.3, 0.4) is 0 Å². The molecule has 0 aliphatic heterocycles. The number of carboxylic acids is 1. The fourth-order valence-electron chi connectivity index (χ4n) is 2.98. The van der Waals surface area contributed by atoms with Gasteiger partial charge in [-0.3, -0.25) is 14.4 Å². The number of thioether (sulfide) groups is 1. The van der Waals surface area contributed by atoms with Crippen molar-refractivity contribution < 1.29 is 24.3 Å². The summed E-state index contributed by atoms with van der Waals surface area (Å²) < 4.78 is 0. The van der Waals surface area contributed by atoms with Crippen LogP contribution in [-0.4, -0.2) is 70.7 Å². The maximum atomic E-state index is 13.0. The van der Waals surface area contributed by atoms with Crippen molar-refractivity contribution >= 4 is 48.1 Å². The monoisotopic (exact) mass is 498 g/mol. The van der Waals surface area contributed by atoms with Crippen molar-refractivity contribution in [3.8, 4) is 0 Å². The smallest absolute Gasteiger partial charge is 0.327 e. The van der Waals surface area contributed by atoms with Crippen molar-refractivity contribution in [2.24, 2.45) is 11.7 Å². The van der Waals surface area contributed by atoms with Crippen LogP contribution in [0.2, 0.25) is 0 Å². The van der Waals surface area contributed by atoms with E-state index in [1.165, 1.54) is 11.8 Å². The summed E-state index contributed by atoms with van der Waals surface area (Å²) in [5.41, 5.74) is 6.94. The summed E-state index contributed by atoms with van der Waals surface area (Å²) in [6.45, 7) is 3.54. The highest BCUT2D eigenvalue weighted by atomic mass is 32.2. The lowest BCUT2D eigenvalue weighted by Crippen LogP contribution is -2.58. The molecule has 1 aromatic carbocycles. The van der Waals surface area contributed by atoms with Crippen molar-refractivity contribution in [1.82, 2.24) is 16.0 Å². The minimum atomic E-state index is -1.21. The first kappa shape index (κ1) is 28.8. The molecule has 33 heavy (non-hydrogen) atoms. The van der Waals surface area contributed by atoms with Gasteiger partial charge in [-0.2, -0.15) is 24.4 Å². The zero-order chi connectivity index (χ0) is 25.0. The molecule has 0 saturated heterocycles. The Morgan fingerprint density at radius 1 is 1.00 bits per heavy atom. The average Bonchev–Trinajstić information content (AvgIpc) is 2.78. The average molecular weight is 499 g/mol. The molecule has 11 heteroatoms. The van der Waals surface area contributed by atoms with E-state index in [-0.39, 0.29) is 11.7 Å². The van der Waals surface area contributed by atoms with Crippen molar-refractivity contribution in [2.45, 2.75) is 50.9 Å². The number of amides is 3. The summed E-state index contributed by atoms with van der Waals surface area (Å²) in [5.74, 6) is -2.64. The summed E-state index contributed by atoms with van der Waals surface area (Å²) in [4.78, 5) is 49.5. The van der Waals surface area contributed by atoms with Gasteiger partial charge in [-0.05, 0) is 36.3 Å². The van der Waals surface area contributed by atoms with Crippen LogP contribution in [0.4, 0.5) is 0 Å². The number of hydrogen-bond acceptors (Lipinski definition) is 7. The Balaban J connectivity index is 2.86. The summed E-state index contributed by atoms with van der Waals surface area (Å²) in [7, 11) is 0. The van der Waals surface area contributed by atoms with Gasteiger partial charge >= 0.3 is 5.97 Å². The minimum absolute atomic E-state index is 0.0890. The Morgan fingerprint density at radius 2 is 1.61 bits per heavy atom. The molecule has 0 aliphatic rings. The van der Waals surface area contributed by atoms with Crippen LogP contribution in [0.5, 0.6) is 0 Å². The summed E-state index contributed by atoms with van der Waals surface area (Å²) in [6, 6.07) is 5.42. The zero-order valence-corrected chi connectivity index (χ0v) is 20.8. The number of carboxylic acid groups (broad SMARTS) is 1. The van der Waals surface area contributed by atoms with Crippen molar-refractivity contribution in [3.63, 3.8) is 0 Å². The van der Waals surface area contributed by atoms with E-state index in [0.717, 1.165) is 5.56 Å². The van der Waals surface area contributed by atoms with Gasteiger partial charge in [0.15, 0.2) is 0 Å². The third-order valence-corrected chi connectivity index (χ3v) is 5.93. The molecule has 0 spiro atoms. The van der Waals surface area contributed by atoms with E-state index < -0.39 is 47.9 Å². The quantitative estimate of drug-likeness (QED) is 0.204. The number of carbonyl (C=O) groups is 4. The highest BCUT2D eigenvalue weighted by Gasteiger charge is 2.31. The van der Waals surface area contributed by atoms with Gasteiger partial charge < -0.3 is 26.8 Å². The predicted molar refractivity (Wildman–Crippen MR) is 133 cm³/mol. The van der Waals surface area contributed by atoms with Crippen molar-refractivity contribution in [2.75, 3.05) is 17.8 Å². The summed E-state index contributed by atoms with van der Waals surface area (Å²) in [6.07, 6.45) is 2.47. The normalized spacial score (nSPS) is 14.6. The molecule has 1 aromatic rings. The van der Waals surface area contributed by atoms with Gasteiger partial charge in [-0.1, -0.05) is 44.2 Å². The van der Waals surface area contributed by atoms with Crippen LogP contribution < -0.4 is 21.7 Å². The fourth-order valence-corrected chi connectivity index (χ4v) is 3.70. The number of nitrogens with two attached hydrogens (primary N) is 1. The van der Waals surface area contributed by atoms with Crippen LogP contribution >= 0.6 is 24.4 Å². The van der Waals surface area contributed by atoms with Crippen LogP contribution in [0.25, 0.3) is 0 Å². The van der Waals surface area contributed by atoms with Gasteiger partial charge in [0.05, 0.1) is 6.04 Å². The number of aliphatic carboxylic acids is 1. The van der Waals surface area contributed by atoms with Gasteiger partial charge in [0.25, 0.3) is 0 Å². The molecule has 4 atom stereocenters. The highest BCUT2D eigenvalue weighted by molar-refractivity contribution is 7.98. The Bertz CT molecular complexity index is 794. The first-order valence-corrected chi connectivity index (χ1v) is 12.7. The van der Waals surface area contributed by atoms with Crippen molar-refractivity contribution in [1.29, 1.82) is 0 Å². The SMILES string of the molecule is CSCCC(NC(=O)C(NC(=O)C(N)Cc1ccccc1)C(C)C)C(=O)NC(CS)C(=O)O. The molecule has 0 radical (unpaired) electrons. The second-order valence-corrected chi connectivity index (χ2v) is 9.30. The number of rotatable bonds is 14. The summed E-state index contributed by atoms with van der Waals surface area (Å²) in [5, 5.41) is 16.9. The number of carbonyl (C=O) groups excluding carboxylic acids is 3. The number of nitrogens with one attached hydrogen (secondary N) is 3. The van der Waals surface area contributed by atoms with E-state index in [9.17, 15) is 19.2 Å². The lowest BCUT2D eigenvalue weighted by Gasteiger charge is -2.27. The molecular formula is C22H34N4O5S2. The standard InChI is InChI=1S/C22H34N4O5S2/c1-13(2)18(26-19(27)15(23)11-14-7-5-4-6-8-14)21(29)24-16(9-10-33-3)20(28)25-17(12-32)22(30)31/h4-8,13,15-18,32H,9-12,23H2,1-3H3,(H,24,29)(H,25,28)(H,26,27)(H,30,31). The van der Waals surface area contributed by atoms with Gasteiger partial charge in [-0.25, -0.2) is 4.79 Å². The van der Waals surface area contributed by atoms with Crippen LogP contribution in [0, 0.1) is 5.92 Å². The third kappa shape index (κ3) is 10.1. The van der Waals surface area contributed by atoms with E-state index in [4.69, 9.17) is 10.8 Å². The topological polar surface area (TPSA) is 151 Å². The first-order chi connectivity index (χ1) is 15.6. The predicted octanol–water partition coefficient (Wildman–Crippen LogP) is 0.434. The minimum Gasteiger partial charge on any atom is -0.480 e. The summed E-state index contributed by atoms with van der Waals surface area (Å²) >= 11 is 5.43. The molecule has 9 nitrogen and oxygen atoms in total. The maximum absolute atomic E-state index is 13.0. The van der Waals surface area contributed by atoms with E-state index >= 15 is 0 Å². The maximum Gasteiger partial charge on any atom is 0.327 e. The fraction of sp³-hybridized carbons (Fsp3) is 0.545. The molecule has 0 heterocycles. The molecular weight excluding hydrogens is 464 g/mol. The highest BCUT2D eigenvalue weighted by Crippen LogP contribution is 2.08. The molecule has 0 fully saturated rings. The van der Waals surface area contributed by atoms with Gasteiger partial charge in [0.2, 0.25) is 17.7 Å². The molecule has 1 rings (SSSR count). The second kappa shape index (κ2) is 14.8. The van der Waals surface area contributed by atoms with Crippen LogP contribution in [0.1, 0.15) is 25.8 Å². The molecule has 3 amide bonds. The molecule has 4 unspecified atom stereocenters. The Hall–Kier alpha value is -2.24. The van der Waals surface area contributed by atoms with E-state index in [0.29, 0.717) is 18.6 Å². The van der Waals surface area contributed by atoms with Gasteiger partial charge in [-0.15, -0.1) is 0 Å². The molecule has 0 saturated carbocycles. The van der Waals surface area contributed by atoms with Crippen LogP contribution in [0.15, 0.2) is 30.3 Å². The number of thiol groups is 1. The Kier molecular flexibility index (Phi) is 12.9. The van der Waals surface area contributed by atoms with Gasteiger partial charge in [0, 0.05) is 5.75 Å². The van der Waals surface area contributed by atoms with Crippen molar-refractivity contribution in [3.05, 3.63) is 35.9 Å². The van der Waals surface area contributed by atoms with E-state index in [1.54, 1.807) is 13.8 Å². The molecule has 6 N–H and O–H groups in total. The van der Waals surface area contributed by atoms with Crippen LogP contribution in [-0.2, 0) is 25.6 Å². The molecule has 184 valence electrons. The lowest BCUT2D eigenvalue weighted by atomic mass is 10.0. The molecule has 0 bridgehead atoms. The van der Waals surface area contributed by atoms with Gasteiger partial charge in [0.1, 0.15) is 18.1 Å². The van der Waals surface area contributed by atoms with E-state index in [2.05, 4.69) is 28.6 Å². The Labute approximate surface area is 204 Å². The second-order valence-electron chi connectivity index (χ2n) is 7.95. The van der Waals surface area contributed by atoms with E-state index in [1.807, 2.05) is 36.6 Å². The Morgan fingerprint density at radius 3 is 2.12 bits per heavy atom. The third-order valence-electron chi connectivity index (χ3n) is 4.92. The number of hydrogen-bond donors (Lipinski definition) is 6.